The van der Waals surface area contributed by atoms with Crippen molar-refractivity contribution < 1.29 is 33.4 Å². The molecule has 0 unspecified atom stereocenters. The number of amides is 4. The smallest absolute Gasteiger partial charge is 0.410 e. The maximum Gasteiger partial charge on any atom is 0.410 e. The second kappa shape index (κ2) is 15.4. The summed E-state index contributed by atoms with van der Waals surface area (Å²) in [5.41, 5.74) is 5.29. The van der Waals surface area contributed by atoms with Gasteiger partial charge in [-0.2, -0.15) is 0 Å². The fourth-order valence-corrected chi connectivity index (χ4v) is 6.48. The van der Waals surface area contributed by atoms with Crippen LogP contribution in [0.4, 0.5) is 16.2 Å². The predicted molar refractivity (Wildman–Crippen MR) is 185 cm³/mol. The van der Waals surface area contributed by atoms with Gasteiger partial charge < -0.3 is 40.0 Å². The van der Waals surface area contributed by atoms with Crippen LogP contribution in [0.5, 0.6) is 5.75 Å². The third-order valence-electron chi connectivity index (χ3n) is 8.82. The zero-order valence-electron chi connectivity index (χ0n) is 30.2. The summed E-state index contributed by atoms with van der Waals surface area (Å²) in [6.45, 7) is 17.1. The first kappa shape index (κ1) is 37.4. The van der Waals surface area contributed by atoms with Gasteiger partial charge in [-0.3, -0.25) is 14.4 Å². The third-order valence-corrected chi connectivity index (χ3v) is 8.82. The van der Waals surface area contributed by atoms with Crippen molar-refractivity contribution in [3.63, 3.8) is 0 Å². The van der Waals surface area contributed by atoms with E-state index in [4.69, 9.17) is 19.9 Å². The number of piperidine rings is 1. The minimum Gasteiger partial charge on any atom is -0.476 e. The van der Waals surface area contributed by atoms with E-state index in [1.54, 1.807) is 44.4 Å². The Labute approximate surface area is 286 Å². The summed E-state index contributed by atoms with van der Waals surface area (Å²) in [7, 11) is 0. The summed E-state index contributed by atoms with van der Waals surface area (Å²) >= 11 is 0. The minimum atomic E-state index is -1.03. The van der Waals surface area contributed by atoms with E-state index in [2.05, 4.69) is 19.2 Å². The third kappa shape index (κ3) is 9.40. The lowest BCUT2D eigenvalue weighted by molar-refractivity contribution is -0.133. The molecular formula is C36H57N5O7. The molecule has 3 atom stereocenters. The molecule has 0 bridgehead atoms. The Kier molecular flexibility index (Phi) is 12.0. The van der Waals surface area contributed by atoms with Gasteiger partial charge in [0.15, 0.2) is 5.60 Å². The van der Waals surface area contributed by atoms with E-state index in [1.807, 2.05) is 25.1 Å². The Balaban J connectivity index is 1.64. The summed E-state index contributed by atoms with van der Waals surface area (Å²) < 4.78 is 17.5. The molecule has 2 fully saturated rings. The molecular weight excluding hydrogens is 614 g/mol. The van der Waals surface area contributed by atoms with Crippen LogP contribution < -0.4 is 25.6 Å². The van der Waals surface area contributed by atoms with Crippen LogP contribution in [0.3, 0.4) is 0 Å². The molecule has 12 nitrogen and oxygen atoms in total. The van der Waals surface area contributed by atoms with Crippen LogP contribution in [0.15, 0.2) is 18.2 Å². The van der Waals surface area contributed by atoms with Gasteiger partial charge in [0.1, 0.15) is 11.4 Å². The number of carbonyl (C=O) groups excluding carboxylic acids is 4. The SMILES string of the molecule is CCOC[C@@H](CC(C)C)NC(=O)[C@H]1C[C@@H](C(=O)N(c2ccc3c(c2)N(CCCN)C(=O)C(C)(C)O3)C2CC2)CN(C(=O)OC(C)(C)C)C1. The number of nitrogens with one attached hydrogen (secondary N) is 1. The normalized spacial score (nSPS) is 21.3. The van der Waals surface area contributed by atoms with E-state index in [1.165, 1.54) is 4.90 Å². The molecule has 2 heterocycles. The number of anilines is 2. The molecule has 1 aliphatic carbocycles. The van der Waals surface area contributed by atoms with E-state index in [-0.39, 0.29) is 42.9 Å². The molecule has 2 aliphatic heterocycles. The number of hydrogen-bond acceptors (Lipinski definition) is 8. The first-order valence-electron chi connectivity index (χ1n) is 17.6. The highest BCUT2D eigenvalue weighted by molar-refractivity contribution is 6.04. The van der Waals surface area contributed by atoms with Crippen molar-refractivity contribution in [1.29, 1.82) is 0 Å². The highest BCUT2D eigenvalue weighted by Gasteiger charge is 2.45. The van der Waals surface area contributed by atoms with Crippen LogP contribution in [0.1, 0.15) is 87.5 Å². The Morgan fingerprint density at radius 3 is 2.44 bits per heavy atom. The second-order valence-corrected chi connectivity index (χ2v) is 15.3. The van der Waals surface area contributed by atoms with Crippen molar-refractivity contribution in [3.05, 3.63) is 18.2 Å². The minimum absolute atomic E-state index is 0.0181. The highest BCUT2D eigenvalue weighted by Crippen LogP contribution is 2.43. The Morgan fingerprint density at radius 2 is 1.83 bits per heavy atom. The summed E-state index contributed by atoms with van der Waals surface area (Å²) in [6.07, 6.45) is 2.78. The quantitative estimate of drug-likeness (QED) is 0.313. The fourth-order valence-electron chi connectivity index (χ4n) is 6.48. The van der Waals surface area contributed by atoms with Gasteiger partial charge in [0.05, 0.1) is 30.2 Å². The monoisotopic (exact) mass is 671 g/mol. The zero-order chi connectivity index (χ0) is 35.4. The molecule has 0 aromatic heterocycles. The van der Waals surface area contributed by atoms with Crippen molar-refractivity contribution in [2.75, 3.05) is 49.2 Å². The second-order valence-electron chi connectivity index (χ2n) is 15.3. The van der Waals surface area contributed by atoms with Gasteiger partial charge in [0.25, 0.3) is 5.91 Å². The lowest BCUT2D eigenvalue weighted by Crippen LogP contribution is -2.55. The number of nitrogens with two attached hydrogens (primary N) is 1. The molecule has 1 aromatic carbocycles. The number of likely N-dealkylation sites (tertiary alicyclic amines) is 1. The number of rotatable bonds is 13. The van der Waals surface area contributed by atoms with Crippen molar-refractivity contribution in [3.8, 4) is 5.75 Å². The van der Waals surface area contributed by atoms with Gasteiger partial charge in [0.2, 0.25) is 11.8 Å². The zero-order valence-corrected chi connectivity index (χ0v) is 30.2. The number of carbonyl (C=O) groups is 4. The van der Waals surface area contributed by atoms with Crippen molar-refractivity contribution >= 4 is 35.2 Å². The molecule has 12 heteroatoms. The van der Waals surface area contributed by atoms with E-state index in [0.29, 0.717) is 62.2 Å². The van der Waals surface area contributed by atoms with Crippen LogP contribution >= 0.6 is 0 Å². The number of fused-ring (bicyclic) bond motifs is 1. The molecule has 4 rings (SSSR count). The van der Waals surface area contributed by atoms with Crippen molar-refractivity contribution in [2.45, 2.75) is 111 Å². The Morgan fingerprint density at radius 1 is 1.15 bits per heavy atom. The van der Waals surface area contributed by atoms with Gasteiger partial charge in [-0.15, -0.1) is 0 Å². The topological polar surface area (TPSA) is 144 Å². The van der Waals surface area contributed by atoms with Crippen LogP contribution in [-0.2, 0) is 23.9 Å². The fraction of sp³-hybridized carbons (Fsp3) is 0.722. The number of hydrogen-bond donors (Lipinski definition) is 2. The first-order chi connectivity index (χ1) is 22.5. The summed E-state index contributed by atoms with van der Waals surface area (Å²) in [4.78, 5) is 60.1. The average Bonchev–Trinajstić information content (AvgIpc) is 3.84. The summed E-state index contributed by atoms with van der Waals surface area (Å²) in [5.74, 6) is -0.867. The molecule has 4 amide bonds. The molecule has 1 saturated carbocycles. The highest BCUT2D eigenvalue weighted by atomic mass is 16.6. The molecule has 3 aliphatic rings. The largest absolute Gasteiger partial charge is 0.476 e. The Bertz CT molecular complexity index is 1320. The Hall–Kier alpha value is -3.38. The van der Waals surface area contributed by atoms with Crippen molar-refractivity contribution in [1.82, 2.24) is 10.2 Å². The van der Waals surface area contributed by atoms with Crippen LogP contribution in [0.25, 0.3) is 0 Å². The van der Waals surface area contributed by atoms with Gasteiger partial charge in [0, 0.05) is 38.0 Å². The van der Waals surface area contributed by atoms with Crippen LogP contribution in [0, 0.1) is 17.8 Å². The molecule has 0 spiro atoms. The maximum absolute atomic E-state index is 14.6. The summed E-state index contributed by atoms with van der Waals surface area (Å²) in [5, 5.41) is 3.15. The number of ether oxygens (including phenoxy) is 3. The van der Waals surface area contributed by atoms with Gasteiger partial charge >= 0.3 is 6.09 Å². The average molecular weight is 672 g/mol. The van der Waals surface area contributed by atoms with E-state index >= 15 is 0 Å². The lowest BCUT2D eigenvalue weighted by Gasteiger charge is -2.40. The molecule has 0 radical (unpaired) electrons. The maximum atomic E-state index is 14.6. The molecule has 268 valence electrons. The van der Waals surface area contributed by atoms with Gasteiger partial charge in [-0.25, -0.2) is 4.79 Å². The van der Waals surface area contributed by atoms with Crippen LogP contribution in [-0.4, -0.2) is 91.4 Å². The van der Waals surface area contributed by atoms with E-state index < -0.39 is 29.1 Å². The number of nitrogens with zero attached hydrogens (tertiary/aromatic N) is 3. The van der Waals surface area contributed by atoms with Gasteiger partial charge in [-0.05, 0) is 104 Å². The first-order valence-corrected chi connectivity index (χ1v) is 17.6. The molecule has 3 N–H and O–H groups in total. The molecule has 1 saturated heterocycles. The standard InChI is InChI=1S/C36H57N5O7/c1-9-46-22-26(17-23(2)3)38-31(42)24-18-25(21-39(20-24)34(45)48-35(4,5)6)32(43)41(27-11-12-27)28-13-14-30-29(19-28)40(16-10-15-37)33(44)36(7,8)47-30/h13-14,19,23-27H,9-12,15-18,20-22,37H2,1-8H3,(H,38,42)/t24-,25+,26+/m0/s1. The van der Waals surface area contributed by atoms with Crippen LogP contribution in [0.2, 0.25) is 0 Å². The number of benzene rings is 1. The molecule has 1 aromatic rings. The molecule has 48 heavy (non-hydrogen) atoms. The van der Waals surface area contributed by atoms with Crippen molar-refractivity contribution in [2.24, 2.45) is 23.5 Å². The summed E-state index contributed by atoms with van der Waals surface area (Å²) in [6, 6.07) is 5.31. The lowest BCUT2D eigenvalue weighted by atomic mass is 9.87. The van der Waals surface area contributed by atoms with Gasteiger partial charge in [-0.1, -0.05) is 13.8 Å². The van der Waals surface area contributed by atoms with E-state index in [0.717, 1.165) is 19.3 Å². The van der Waals surface area contributed by atoms with E-state index in [9.17, 15) is 19.2 Å². The predicted octanol–water partition coefficient (Wildman–Crippen LogP) is 4.48.